The van der Waals surface area contributed by atoms with Crippen LogP contribution in [-0.4, -0.2) is 27.3 Å². The van der Waals surface area contributed by atoms with Crippen molar-refractivity contribution in [1.29, 1.82) is 0 Å². The molecule has 0 aliphatic rings. The first-order chi connectivity index (χ1) is 3.15. The van der Waals surface area contributed by atoms with E-state index in [4.69, 9.17) is 24.5 Å². The zero-order chi connectivity index (χ0) is 6.28. The molecule has 0 spiro atoms. The van der Waals surface area contributed by atoms with Crippen LogP contribution in [0.15, 0.2) is 0 Å². The lowest BCUT2D eigenvalue weighted by Gasteiger charge is -1.69. The highest BCUT2D eigenvalue weighted by molar-refractivity contribution is 7.16. The Bertz CT molecular complexity index is 32.3. The van der Waals surface area contributed by atoms with Crippen LogP contribution in [0.4, 0.5) is 0 Å². The van der Waals surface area contributed by atoms with E-state index in [9.17, 15) is 0 Å². The molecule has 4 N–H and O–H groups in total. The van der Waals surface area contributed by atoms with E-state index in [0.29, 0.717) is 0 Å². The van der Waals surface area contributed by atoms with Crippen LogP contribution in [0.5, 0.6) is 0 Å². The Morgan fingerprint density at radius 2 is 1.29 bits per heavy atom. The highest BCUT2D eigenvalue weighted by Crippen LogP contribution is 1.66. The molecule has 0 aromatic heterocycles. The van der Waals surface area contributed by atoms with Gasteiger partial charge in [-0.2, -0.15) is 4.89 Å². The summed E-state index contributed by atoms with van der Waals surface area (Å²) in [6, 6.07) is 0. The van der Waals surface area contributed by atoms with Crippen LogP contribution >= 0.6 is 8.69 Å². The van der Waals surface area contributed by atoms with E-state index < -0.39 is 16.0 Å². The second-order valence-electron chi connectivity index (χ2n) is 0.438. The SMILES string of the molecule is O=[PH+]O.OB(O)O. The van der Waals surface area contributed by atoms with Gasteiger partial charge in [0.1, 0.15) is 0 Å². The highest BCUT2D eigenvalue weighted by atomic mass is 31.1. The van der Waals surface area contributed by atoms with Gasteiger partial charge in [0, 0.05) is 0 Å². The fourth-order valence-corrected chi connectivity index (χ4v) is 0. The summed E-state index contributed by atoms with van der Waals surface area (Å²) < 4.78 is 8.51. The summed E-state index contributed by atoms with van der Waals surface area (Å²) in [5.41, 5.74) is 0. The Morgan fingerprint density at radius 3 is 1.29 bits per heavy atom. The molecular weight excluding hydrogens is 122 g/mol. The third-order valence-electron chi connectivity index (χ3n) is 0. The lowest BCUT2D eigenvalue weighted by Crippen LogP contribution is -2.07. The highest BCUT2D eigenvalue weighted by Gasteiger charge is 1.92. The molecule has 0 aliphatic carbocycles. The average Bonchev–Trinajstić information content (AvgIpc) is 1.33. The summed E-state index contributed by atoms with van der Waals surface area (Å²) in [7, 11) is -3.33. The lowest BCUT2D eigenvalue weighted by molar-refractivity contribution is 0.278. The number of rotatable bonds is 0. The van der Waals surface area contributed by atoms with Crippen molar-refractivity contribution in [2.75, 3.05) is 0 Å². The van der Waals surface area contributed by atoms with Gasteiger partial charge in [-0.15, -0.1) is 0 Å². The zero-order valence-corrected chi connectivity index (χ0v) is 4.27. The summed E-state index contributed by atoms with van der Waals surface area (Å²) in [5.74, 6) is 0. The van der Waals surface area contributed by atoms with E-state index in [-0.39, 0.29) is 0 Å². The quantitative estimate of drug-likeness (QED) is 0.220. The molecular formula is H5BO5P+. The van der Waals surface area contributed by atoms with Gasteiger partial charge >= 0.3 is 16.0 Å². The Balaban J connectivity index is 0. The van der Waals surface area contributed by atoms with Crippen molar-refractivity contribution >= 4 is 16.0 Å². The Kier molecular flexibility index (Phi) is 13.5. The van der Waals surface area contributed by atoms with Crippen molar-refractivity contribution in [3.05, 3.63) is 0 Å². The molecule has 0 saturated heterocycles. The van der Waals surface area contributed by atoms with Crippen molar-refractivity contribution in [3.8, 4) is 0 Å². The summed E-state index contributed by atoms with van der Waals surface area (Å²) in [6.07, 6.45) is 0. The minimum absolute atomic E-state index is 1.17. The van der Waals surface area contributed by atoms with Crippen molar-refractivity contribution in [3.63, 3.8) is 0 Å². The monoisotopic (exact) mass is 127 g/mol. The van der Waals surface area contributed by atoms with Gasteiger partial charge in [0.05, 0.1) is 0 Å². The maximum absolute atomic E-state index is 8.51. The van der Waals surface area contributed by atoms with Gasteiger partial charge in [0.15, 0.2) is 0 Å². The first-order valence-corrected chi connectivity index (χ1v) is 2.06. The smallest absolute Gasteiger partial charge is 0.402 e. The van der Waals surface area contributed by atoms with Crippen LogP contribution in [0, 0.1) is 0 Å². The maximum atomic E-state index is 8.51. The van der Waals surface area contributed by atoms with Crippen molar-refractivity contribution in [2.24, 2.45) is 0 Å². The average molecular weight is 127 g/mol. The molecule has 0 aromatic rings. The van der Waals surface area contributed by atoms with Crippen LogP contribution in [0.2, 0.25) is 0 Å². The van der Waals surface area contributed by atoms with Gasteiger partial charge in [-0.25, -0.2) is 0 Å². The molecule has 0 rings (SSSR count). The predicted octanol–water partition coefficient (Wildman–Crippen LogP) is -2.13. The van der Waals surface area contributed by atoms with E-state index in [1.807, 2.05) is 0 Å². The van der Waals surface area contributed by atoms with Crippen LogP contribution < -0.4 is 0 Å². The molecule has 0 radical (unpaired) electrons. The van der Waals surface area contributed by atoms with Gasteiger partial charge in [-0.05, 0) is 4.57 Å². The van der Waals surface area contributed by atoms with E-state index in [0.717, 1.165) is 0 Å². The predicted molar refractivity (Wildman–Crippen MR) is 23.6 cm³/mol. The zero-order valence-electron chi connectivity index (χ0n) is 3.27. The largest absolute Gasteiger partial charge is 0.631 e. The summed E-state index contributed by atoms with van der Waals surface area (Å²) in [4.78, 5) is 7.04. The van der Waals surface area contributed by atoms with Crippen molar-refractivity contribution in [1.82, 2.24) is 0 Å². The molecule has 1 atom stereocenters. The van der Waals surface area contributed by atoms with E-state index >= 15 is 0 Å². The summed E-state index contributed by atoms with van der Waals surface area (Å²) >= 11 is 0. The normalized spacial score (nSPS) is 6.86. The first-order valence-electron chi connectivity index (χ1n) is 1.20. The van der Waals surface area contributed by atoms with Gasteiger partial charge < -0.3 is 15.1 Å². The van der Waals surface area contributed by atoms with Crippen LogP contribution in [-0.2, 0) is 4.57 Å². The molecule has 7 heavy (non-hydrogen) atoms. The van der Waals surface area contributed by atoms with Gasteiger partial charge in [-0.3, -0.25) is 0 Å². The molecule has 7 heteroatoms. The Hall–Kier alpha value is 0.00494. The van der Waals surface area contributed by atoms with Crippen LogP contribution in [0.25, 0.3) is 0 Å². The molecule has 1 unspecified atom stereocenters. The fraction of sp³-hybridized carbons (Fsp3) is 0. The molecule has 0 aliphatic heterocycles. The van der Waals surface area contributed by atoms with E-state index in [1.165, 1.54) is 0 Å². The molecule has 0 bridgehead atoms. The molecule has 0 heterocycles. The second kappa shape index (κ2) is 9.38. The van der Waals surface area contributed by atoms with Crippen molar-refractivity contribution < 1.29 is 24.5 Å². The van der Waals surface area contributed by atoms with Gasteiger partial charge in [-0.1, -0.05) is 0 Å². The molecule has 0 saturated carbocycles. The summed E-state index contributed by atoms with van der Waals surface area (Å²) in [5, 5.41) is 21.5. The third-order valence-corrected chi connectivity index (χ3v) is 0. The number of hydrogen-bond acceptors (Lipinski definition) is 4. The van der Waals surface area contributed by atoms with Gasteiger partial charge in [0.25, 0.3) is 0 Å². The number of hydrogen-bond donors (Lipinski definition) is 4. The van der Waals surface area contributed by atoms with Crippen molar-refractivity contribution in [2.45, 2.75) is 0 Å². The lowest BCUT2D eigenvalue weighted by atomic mass is 10.3. The topological polar surface area (TPSA) is 98.0 Å². The molecule has 0 amide bonds. The minimum atomic E-state index is -2.17. The second-order valence-corrected chi connectivity index (χ2v) is 0.620. The van der Waals surface area contributed by atoms with E-state index in [2.05, 4.69) is 0 Å². The standard InChI is InChI=1S/BH3O3.HO2P/c2-1(3)4;1-3-2/h2-4H;3H/p+1. The van der Waals surface area contributed by atoms with Crippen LogP contribution in [0.3, 0.4) is 0 Å². The Morgan fingerprint density at radius 1 is 1.29 bits per heavy atom. The minimum Gasteiger partial charge on any atom is -0.402 e. The van der Waals surface area contributed by atoms with Crippen LogP contribution in [0.1, 0.15) is 0 Å². The molecule has 0 aromatic carbocycles. The fourth-order valence-electron chi connectivity index (χ4n) is 0. The Labute approximate surface area is 41.7 Å². The van der Waals surface area contributed by atoms with Gasteiger partial charge in [0.2, 0.25) is 0 Å². The van der Waals surface area contributed by atoms with E-state index in [1.54, 1.807) is 0 Å². The molecule has 5 nitrogen and oxygen atoms in total. The first kappa shape index (κ1) is 10.1. The maximum Gasteiger partial charge on any atom is 0.631 e. The summed E-state index contributed by atoms with van der Waals surface area (Å²) in [6.45, 7) is 0. The third kappa shape index (κ3) is 3950000. The molecule has 42 valence electrons. The molecule has 0 fully saturated rings.